The molecular weight excluding hydrogens is 216 g/mol. The predicted molar refractivity (Wildman–Crippen MR) is 32.2 cm³/mol. The molecule has 0 aromatic rings. The minimum absolute atomic E-state index is 2.17. The molecule has 0 aliphatic carbocycles. The Labute approximate surface area is 74.5 Å². The zero-order valence-corrected chi connectivity index (χ0v) is 6.22. The van der Waals surface area contributed by atoms with Gasteiger partial charge in [-0.25, -0.2) is 9.59 Å². The molecule has 0 spiro atoms. The molecule has 11 heteroatoms. The summed E-state index contributed by atoms with van der Waals surface area (Å²) in [4.78, 5) is 19.0. The summed E-state index contributed by atoms with van der Waals surface area (Å²) in [6, 6.07) is 0. The van der Waals surface area contributed by atoms with Gasteiger partial charge in [0.05, 0.1) is 0 Å². The van der Waals surface area contributed by atoms with Crippen LogP contribution in [0.5, 0.6) is 0 Å². The topological polar surface area (TPSA) is 124 Å². The third-order valence-electron chi connectivity index (χ3n) is 0.383. The lowest BCUT2D eigenvalue weighted by atomic mass is 10.3. The van der Waals surface area contributed by atoms with E-state index < -0.39 is 25.6 Å². The standard InChI is InChI=1S/C3HF3O4.BH3O3/c4-3(5,6)10-2(9)1(7)8;2-1(3)4/h(H,7,8);2-4H. The van der Waals surface area contributed by atoms with E-state index in [4.69, 9.17) is 20.2 Å². The first-order chi connectivity index (χ1) is 6.06. The first kappa shape index (κ1) is 15.2. The Kier molecular flexibility index (Phi) is 6.69. The van der Waals surface area contributed by atoms with E-state index >= 15 is 0 Å². The van der Waals surface area contributed by atoms with Crippen LogP contribution in [0.1, 0.15) is 0 Å². The summed E-state index contributed by atoms with van der Waals surface area (Å²) in [6.45, 7) is 0. The van der Waals surface area contributed by atoms with E-state index in [1.165, 1.54) is 0 Å². The molecule has 0 bridgehead atoms. The number of carboxylic acid groups (broad SMARTS) is 1. The SMILES string of the molecule is O=C(O)C(=O)OC(F)(F)F.OB(O)O. The number of ether oxygens (including phenoxy) is 1. The Balaban J connectivity index is 0. The molecule has 14 heavy (non-hydrogen) atoms. The lowest BCUT2D eigenvalue weighted by Crippen LogP contribution is -2.25. The average Bonchev–Trinajstić information content (AvgIpc) is 1.81. The van der Waals surface area contributed by atoms with Gasteiger partial charge in [-0.3, -0.25) is 0 Å². The fourth-order valence-corrected chi connectivity index (χ4v) is 0.149. The van der Waals surface area contributed by atoms with Crippen LogP contribution in [-0.4, -0.2) is 45.8 Å². The second-order valence-electron chi connectivity index (χ2n) is 1.49. The van der Waals surface area contributed by atoms with Crippen molar-refractivity contribution in [3.63, 3.8) is 0 Å². The molecular formula is C3H4BF3O7. The summed E-state index contributed by atoms with van der Waals surface area (Å²) < 4.78 is 35.3. The van der Waals surface area contributed by atoms with Crippen molar-refractivity contribution in [2.24, 2.45) is 0 Å². The molecule has 0 amide bonds. The largest absolute Gasteiger partial charge is 0.631 e. The molecule has 0 radical (unpaired) electrons. The third-order valence-corrected chi connectivity index (χ3v) is 0.383. The van der Waals surface area contributed by atoms with Gasteiger partial charge in [-0.2, -0.15) is 0 Å². The van der Waals surface area contributed by atoms with Crippen LogP contribution >= 0.6 is 0 Å². The van der Waals surface area contributed by atoms with E-state index in [9.17, 15) is 22.8 Å². The van der Waals surface area contributed by atoms with Crippen LogP contribution in [0, 0.1) is 0 Å². The molecule has 4 N–H and O–H groups in total. The zero-order chi connectivity index (χ0) is 11.9. The van der Waals surface area contributed by atoms with Gasteiger partial charge in [0.15, 0.2) is 0 Å². The van der Waals surface area contributed by atoms with Gasteiger partial charge < -0.3 is 24.9 Å². The van der Waals surface area contributed by atoms with E-state index in [0.717, 1.165) is 0 Å². The summed E-state index contributed by atoms with van der Waals surface area (Å²) in [6.07, 6.45) is -5.23. The maximum Gasteiger partial charge on any atom is 0.631 e. The van der Waals surface area contributed by atoms with Gasteiger partial charge in [-0.1, -0.05) is 0 Å². The van der Waals surface area contributed by atoms with Crippen LogP contribution in [0.3, 0.4) is 0 Å². The second kappa shape index (κ2) is 6.18. The Morgan fingerprint density at radius 2 is 1.43 bits per heavy atom. The summed E-state index contributed by atoms with van der Waals surface area (Å²) in [7, 11) is -2.17. The molecule has 0 aliphatic heterocycles. The Morgan fingerprint density at radius 1 is 1.14 bits per heavy atom. The number of carboxylic acids is 1. The minimum Gasteiger partial charge on any atom is -0.473 e. The van der Waals surface area contributed by atoms with Crippen molar-refractivity contribution >= 4 is 19.3 Å². The molecule has 0 aromatic heterocycles. The first-order valence-electron chi connectivity index (χ1n) is 2.63. The van der Waals surface area contributed by atoms with Crippen LogP contribution in [0.15, 0.2) is 0 Å². The maximum atomic E-state index is 11.0. The minimum atomic E-state index is -5.23. The zero-order valence-electron chi connectivity index (χ0n) is 6.22. The Hall–Kier alpha value is -1.33. The molecule has 0 heterocycles. The van der Waals surface area contributed by atoms with E-state index in [1.54, 1.807) is 0 Å². The fourth-order valence-electron chi connectivity index (χ4n) is 0.149. The number of esters is 1. The molecule has 82 valence electrons. The van der Waals surface area contributed by atoms with Crippen molar-refractivity contribution in [1.82, 2.24) is 0 Å². The van der Waals surface area contributed by atoms with Gasteiger partial charge in [-0.05, 0) is 0 Å². The number of hydrogen-bond acceptors (Lipinski definition) is 6. The van der Waals surface area contributed by atoms with Gasteiger partial charge in [0, 0.05) is 0 Å². The number of hydrogen-bond donors (Lipinski definition) is 4. The molecule has 0 aromatic carbocycles. The van der Waals surface area contributed by atoms with Crippen molar-refractivity contribution in [3.05, 3.63) is 0 Å². The molecule has 0 rings (SSSR count). The lowest BCUT2D eigenvalue weighted by molar-refractivity contribution is -0.305. The highest BCUT2D eigenvalue weighted by Gasteiger charge is 2.36. The normalized spacial score (nSPS) is 9.57. The first-order valence-corrected chi connectivity index (χ1v) is 2.63. The van der Waals surface area contributed by atoms with E-state index in [1.807, 2.05) is 0 Å². The van der Waals surface area contributed by atoms with Gasteiger partial charge in [0.25, 0.3) is 0 Å². The molecule has 0 saturated heterocycles. The van der Waals surface area contributed by atoms with Crippen molar-refractivity contribution < 1.29 is 47.7 Å². The second-order valence-corrected chi connectivity index (χ2v) is 1.49. The van der Waals surface area contributed by atoms with Crippen molar-refractivity contribution in [2.45, 2.75) is 6.36 Å². The molecule has 0 aliphatic rings. The maximum absolute atomic E-state index is 11.0. The summed E-state index contributed by atoms with van der Waals surface area (Å²) in [5.41, 5.74) is 0. The summed E-state index contributed by atoms with van der Waals surface area (Å²) >= 11 is 0. The highest BCUT2D eigenvalue weighted by molar-refractivity contribution is 6.30. The quantitative estimate of drug-likeness (QED) is 0.213. The average molecular weight is 220 g/mol. The monoisotopic (exact) mass is 220 g/mol. The molecule has 0 fully saturated rings. The van der Waals surface area contributed by atoms with Gasteiger partial charge in [0.1, 0.15) is 0 Å². The number of carbonyl (C=O) groups excluding carboxylic acids is 1. The van der Waals surface area contributed by atoms with Crippen LogP contribution in [0.25, 0.3) is 0 Å². The Bertz CT molecular complexity index is 198. The van der Waals surface area contributed by atoms with Crippen LogP contribution in [0.4, 0.5) is 13.2 Å². The lowest BCUT2D eigenvalue weighted by Gasteiger charge is -2.02. The smallest absolute Gasteiger partial charge is 0.473 e. The van der Waals surface area contributed by atoms with E-state index in [0.29, 0.717) is 0 Å². The molecule has 0 saturated carbocycles. The Morgan fingerprint density at radius 3 is 1.50 bits per heavy atom. The molecule has 7 nitrogen and oxygen atoms in total. The highest BCUT2D eigenvalue weighted by Crippen LogP contribution is 2.15. The van der Waals surface area contributed by atoms with Gasteiger partial charge in [0.2, 0.25) is 0 Å². The summed E-state index contributed by atoms with van der Waals surface area (Å²) in [5.74, 6) is -4.62. The van der Waals surface area contributed by atoms with Crippen molar-refractivity contribution in [3.8, 4) is 0 Å². The number of halogens is 3. The van der Waals surface area contributed by atoms with Crippen molar-refractivity contribution in [1.29, 1.82) is 0 Å². The number of aliphatic carboxylic acids is 1. The third kappa shape index (κ3) is 17.0. The van der Waals surface area contributed by atoms with Gasteiger partial charge >= 0.3 is 25.6 Å². The number of rotatable bonds is 0. The van der Waals surface area contributed by atoms with E-state index in [2.05, 4.69) is 4.74 Å². The number of alkyl halides is 3. The highest BCUT2D eigenvalue weighted by atomic mass is 19.4. The molecule has 0 atom stereocenters. The molecule has 0 unspecified atom stereocenters. The van der Waals surface area contributed by atoms with Crippen molar-refractivity contribution in [2.75, 3.05) is 0 Å². The van der Waals surface area contributed by atoms with Crippen LogP contribution in [0.2, 0.25) is 0 Å². The van der Waals surface area contributed by atoms with Gasteiger partial charge in [-0.15, -0.1) is 13.2 Å². The predicted octanol–water partition coefficient (Wildman–Crippen LogP) is -1.92. The van der Waals surface area contributed by atoms with Crippen LogP contribution < -0.4 is 0 Å². The number of carbonyl (C=O) groups is 2. The fraction of sp³-hybridized carbons (Fsp3) is 0.333. The summed E-state index contributed by atoms with van der Waals surface area (Å²) in [5, 5.41) is 29.1. The van der Waals surface area contributed by atoms with E-state index in [-0.39, 0.29) is 0 Å². The van der Waals surface area contributed by atoms with Crippen LogP contribution in [-0.2, 0) is 14.3 Å².